The van der Waals surface area contributed by atoms with Crippen LogP contribution in [0.3, 0.4) is 0 Å². The second kappa shape index (κ2) is 13.5. The summed E-state index contributed by atoms with van der Waals surface area (Å²) in [6.45, 7) is 9.45. The van der Waals surface area contributed by atoms with Gasteiger partial charge in [-0.2, -0.15) is 13.2 Å². The van der Waals surface area contributed by atoms with Gasteiger partial charge in [0.1, 0.15) is 5.75 Å². The molecule has 0 aromatic heterocycles. The molecule has 0 unspecified atom stereocenters. The number of carbonyl (C=O) groups excluding carboxylic acids is 2. The number of fused-ring (bicyclic) bond motifs is 2. The number of anilines is 1. The van der Waals surface area contributed by atoms with Crippen molar-refractivity contribution in [1.29, 1.82) is 0 Å². The molecule has 0 bridgehead atoms. The minimum atomic E-state index is -5.08. The Hall–Kier alpha value is -4.38. The summed E-state index contributed by atoms with van der Waals surface area (Å²) in [5.41, 5.74) is 4.92. The number of hydrogen-bond donors (Lipinski definition) is 2. The molecule has 1 spiro atoms. The van der Waals surface area contributed by atoms with Crippen LogP contribution in [0.5, 0.6) is 5.75 Å². The van der Waals surface area contributed by atoms with E-state index in [0.29, 0.717) is 30.4 Å². The van der Waals surface area contributed by atoms with Crippen molar-refractivity contribution in [3.8, 4) is 16.9 Å². The lowest BCUT2D eigenvalue weighted by Crippen LogP contribution is -2.46. The van der Waals surface area contributed by atoms with E-state index in [1.165, 1.54) is 5.56 Å². The normalized spacial score (nSPS) is 15.5. The molecular formula is C33H35F3N2O6. The Labute approximate surface area is 253 Å². The van der Waals surface area contributed by atoms with Crippen LogP contribution in [0.2, 0.25) is 0 Å². The second-order valence-corrected chi connectivity index (χ2v) is 11.0. The van der Waals surface area contributed by atoms with Crippen LogP contribution in [0.1, 0.15) is 59.9 Å². The van der Waals surface area contributed by atoms with Gasteiger partial charge in [-0.15, -0.1) is 0 Å². The first-order valence-electron chi connectivity index (χ1n) is 14.3. The number of piperidine rings is 1. The highest BCUT2D eigenvalue weighted by molar-refractivity contribution is 6.04. The van der Waals surface area contributed by atoms with Gasteiger partial charge < -0.3 is 24.8 Å². The molecule has 2 heterocycles. The van der Waals surface area contributed by atoms with Crippen molar-refractivity contribution in [3.63, 3.8) is 0 Å². The summed E-state index contributed by atoms with van der Waals surface area (Å²) >= 11 is 0. The highest BCUT2D eigenvalue weighted by Crippen LogP contribution is 2.46. The van der Waals surface area contributed by atoms with E-state index in [1.54, 1.807) is 31.2 Å². The maximum atomic E-state index is 13.1. The summed E-state index contributed by atoms with van der Waals surface area (Å²) in [4.78, 5) is 36.5. The molecule has 1 fully saturated rings. The fourth-order valence-electron chi connectivity index (χ4n) is 5.38. The molecular weight excluding hydrogens is 577 g/mol. The van der Waals surface area contributed by atoms with E-state index < -0.39 is 12.1 Å². The monoisotopic (exact) mass is 612 g/mol. The number of hydrogen-bond acceptors (Lipinski definition) is 6. The fourth-order valence-corrected chi connectivity index (χ4v) is 5.38. The smallest absolute Gasteiger partial charge is 0.490 e. The maximum absolute atomic E-state index is 13.1. The number of carboxylic acid groups (broad SMARTS) is 1. The summed E-state index contributed by atoms with van der Waals surface area (Å²) in [6.07, 6.45) is -2.96. The SMILES string of the molecule is CCOC(=O)c1cccc(-c2ccc(C(=O)Nc3ccc4c(c3)C3(CCN(C(C)C)CC3)CO4)cc2)c1.O=C(O)C(F)(F)F. The second-order valence-electron chi connectivity index (χ2n) is 11.0. The molecule has 8 nitrogen and oxygen atoms in total. The average Bonchev–Trinajstić information content (AvgIpc) is 3.34. The number of rotatable bonds is 6. The molecule has 3 aromatic rings. The Morgan fingerprint density at radius 2 is 1.64 bits per heavy atom. The van der Waals surface area contributed by atoms with Crippen molar-refractivity contribution < 1.29 is 42.1 Å². The molecule has 2 N–H and O–H groups in total. The zero-order valence-electron chi connectivity index (χ0n) is 24.7. The summed E-state index contributed by atoms with van der Waals surface area (Å²) in [6, 6.07) is 21.3. The lowest BCUT2D eigenvalue weighted by Gasteiger charge is -2.40. The molecule has 0 radical (unpaired) electrons. The number of likely N-dealkylation sites (tertiary alicyclic amines) is 1. The molecule has 11 heteroatoms. The van der Waals surface area contributed by atoms with Crippen LogP contribution in [0.4, 0.5) is 18.9 Å². The van der Waals surface area contributed by atoms with Gasteiger partial charge >= 0.3 is 18.1 Å². The first kappa shape index (κ1) is 32.5. The number of amides is 1. The first-order valence-corrected chi connectivity index (χ1v) is 14.3. The lowest BCUT2D eigenvalue weighted by molar-refractivity contribution is -0.192. The highest BCUT2D eigenvalue weighted by Gasteiger charge is 2.43. The standard InChI is InChI=1S/C31H34N2O4.C2HF3O2/c1-4-36-30(35)25-7-5-6-24(18-25)22-8-10-23(11-9-22)29(34)32-26-12-13-28-27(19-26)31(20-37-28)14-16-33(17-15-31)21(2)3;3-2(4,5)1(6)7/h5-13,18-19,21H,4,14-17,20H2,1-3H3,(H,32,34);(H,6,7). The number of halogens is 3. The molecule has 3 aromatic carbocycles. The Balaban J connectivity index is 0.000000566. The molecule has 0 aliphatic carbocycles. The van der Waals surface area contributed by atoms with Gasteiger partial charge in [0.15, 0.2) is 0 Å². The Morgan fingerprint density at radius 3 is 2.23 bits per heavy atom. The van der Waals surface area contributed by atoms with Crippen molar-refractivity contribution in [2.45, 2.75) is 51.2 Å². The van der Waals surface area contributed by atoms with Crippen molar-refractivity contribution in [2.75, 3.05) is 31.6 Å². The maximum Gasteiger partial charge on any atom is 0.490 e. The van der Waals surface area contributed by atoms with Crippen LogP contribution in [0.15, 0.2) is 66.7 Å². The number of esters is 1. The van der Waals surface area contributed by atoms with Gasteiger partial charge in [-0.25, -0.2) is 9.59 Å². The molecule has 44 heavy (non-hydrogen) atoms. The van der Waals surface area contributed by atoms with Gasteiger partial charge in [0.2, 0.25) is 0 Å². The number of aliphatic carboxylic acids is 1. The molecule has 2 aliphatic rings. The van der Waals surface area contributed by atoms with E-state index in [-0.39, 0.29) is 17.3 Å². The number of nitrogens with zero attached hydrogens (tertiary/aromatic N) is 1. The number of carboxylic acids is 1. The zero-order chi connectivity index (χ0) is 32.1. The van der Waals surface area contributed by atoms with Gasteiger partial charge in [0, 0.05) is 28.3 Å². The number of alkyl halides is 3. The number of carbonyl (C=O) groups is 3. The van der Waals surface area contributed by atoms with E-state index in [9.17, 15) is 22.8 Å². The molecule has 2 aliphatic heterocycles. The topological polar surface area (TPSA) is 105 Å². The molecule has 1 amide bonds. The van der Waals surface area contributed by atoms with Crippen LogP contribution < -0.4 is 10.1 Å². The van der Waals surface area contributed by atoms with E-state index in [4.69, 9.17) is 19.4 Å². The Morgan fingerprint density at radius 1 is 0.977 bits per heavy atom. The third kappa shape index (κ3) is 7.57. The number of ether oxygens (including phenoxy) is 2. The summed E-state index contributed by atoms with van der Waals surface area (Å²) < 4.78 is 42.9. The summed E-state index contributed by atoms with van der Waals surface area (Å²) in [5.74, 6) is -2.32. The third-order valence-electron chi connectivity index (χ3n) is 7.89. The van der Waals surface area contributed by atoms with Crippen molar-refractivity contribution in [1.82, 2.24) is 4.90 Å². The van der Waals surface area contributed by atoms with Crippen LogP contribution in [0, 0.1) is 0 Å². The van der Waals surface area contributed by atoms with Crippen LogP contribution in [0.25, 0.3) is 11.1 Å². The molecule has 5 rings (SSSR count). The quantitative estimate of drug-likeness (QED) is 0.304. The lowest BCUT2D eigenvalue weighted by atomic mass is 9.74. The predicted molar refractivity (Wildman–Crippen MR) is 159 cm³/mol. The van der Waals surface area contributed by atoms with Crippen LogP contribution in [-0.2, 0) is 14.9 Å². The molecule has 1 saturated heterocycles. The van der Waals surface area contributed by atoms with Crippen molar-refractivity contribution in [3.05, 3.63) is 83.4 Å². The summed E-state index contributed by atoms with van der Waals surface area (Å²) in [5, 5.41) is 10.2. The van der Waals surface area contributed by atoms with E-state index in [2.05, 4.69) is 30.1 Å². The van der Waals surface area contributed by atoms with Gasteiger partial charge in [0.05, 0.1) is 18.8 Å². The molecule has 234 valence electrons. The Kier molecular flexibility index (Phi) is 9.98. The fraction of sp³-hybridized carbons (Fsp3) is 0.364. The molecule has 0 atom stereocenters. The predicted octanol–water partition coefficient (Wildman–Crippen LogP) is 6.55. The van der Waals surface area contributed by atoms with Gasteiger partial charge in [0.25, 0.3) is 5.91 Å². The van der Waals surface area contributed by atoms with Crippen molar-refractivity contribution >= 4 is 23.5 Å². The minimum absolute atomic E-state index is 0.0290. The van der Waals surface area contributed by atoms with E-state index in [0.717, 1.165) is 48.5 Å². The number of nitrogens with one attached hydrogen (secondary N) is 1. The minimum Gasteiger partial charge on any atom is -0.492 e. The van der Waals surface area contributed by atoms with Crippen molar-refractivity contribution in [2.24, 2.45) is 0 Å². The first-order chi connectivity index (χ1) is 20.8. The Bertz CT molecular complexity index is 1500. The van der Waals surface area contributed by atoms with Gasteiger partial charge in [-0.3, -0.25) is 4.79 Å². The van der Waals surface area contributed by atoms with Crippen LogP contribution >= 0.6 is 0 Å². The van der Waals surface area contributed by atoms with Gasteiger partial charge in [-0.05, 0) is 100 Å². The zero-order valence-corrected chi connectivity index (χ0v) is 24.7. The average molecular weight is 613 g/mol. The van der Waals surface area contributed by atoms with Gasteiger partial charge in [-0.1, -0.05) is 24.3 Å². The molecule has 0 saturated carbocycles. The third-order valence-corrected chi connectivity index (χ3v) is 7.89. The highest BCUT2D eigenvalue weighted by atomic mass is 19.4. The van der Waals surface area contributed by atoms with Crippen LogP contribution in [-0.4, -0.2) is 66.4 Å². The van der Waals surface area contributed by atoms with E-state index >= 15 is 0 Å². The van der Waals surface area contributed by atoms with E-state index in [1.807, 2.05) is 36.4 Å². The summed E-state index contributed by atoms with van der Waals surface area (Å²) in [7, 11) is 0. The number of benzene rings is 3. The largest absolute Gasteiger partial charge is 0.492 e.